The molecule has 1 aliphatic heterocycles. The molecule has 1 aromatic rings. The molecule has 1 aliphatic rings. The van der Waals surface area contributed by atoms with Gasteiger partial charge in [-0.05, 0) is 13.8 Å². The van der Waals surface area contributed by atoms with Crippen LogP contribution in [0.25, 0.3) is 0 Å². The topological polar surface area (TPSA) is 63.2 Å². The van der Waals surface area contributed by atoms with E-state index in [1.54, 1.807) is 6.33 Å². The van der Waals surface area contributed by atoms with Crippen LogP contribution in [0.3, 0.4) is 0 Å². The third-order valence-electron chi connectivity index (χ3n) is 3.94. The van der Waals surface area contributed by atoms with Crippen LogP contribution in [-0.2, 0) is 13.6 Å². The molecule has 0 bridgehead atoms. The summed E-state index contributed by atoms with van der Waals surface area (Å²) in [5.41, 5.74) is 5.62. The number of nitrogens with two attached hydrogens (primary N) is 1. The smallest absolute Gasteiger partial charge is 0.140 e. The highest BCUT2D eigenvalue weighted by Gasteiger charge is 2.32. The van der Waals surface area contributed by atoms with Crippen LogP contribution in [0.5, 0.6) is 0 Å². The Morgan fingerprint density at radius 1 is 1.37 bits per heavy atom. The van der Waals surface area contributed by atoms with Crippen molar-refractivity contribution in [2.24, 2.45) is 12.8 Å². The number of aryl methyl sites for hydroxylation is 1. The first-order valence-corrected chi connectivity index (χ1v) is 6.92. The van der Waals surface area contributed by atoms with Crippen LogP contribution in [-0.4, -0.2) is 61.3 Å². The average Bonchev–Trinajstić information content (AvgIpc) is 2.75. The molecule has 0 atom stereocenters. The van der Waals surface area contributed by atoms with Crippen molar-refractivity contribution in [3.63, 3.8) is 0 Å². The molecule has 1 fully saturated rings. The zero-order valence-electron chi connectivity index (χ0n) is 11.8. The van der Waals surface area contributed by atoms with Gasteiger partial charge in [-0.2, -0.15) is 5.10 Å². The number of piperazine rings is 1. The van der Waals surface area contributed by atoms with Gasteiger partial charge in [0.15, 0.2) is 0 Å². The predicted octanol–water partition coefficient (Wildman–Crippen LogP) is -0.00260. The molecule has 6 nitrogen and oxygen atoms in total. The molecule has 0 saturated carbocycles. The van der Waals surface area contributed by atoms with Crippen molar-refractivity contribution < 1.29 is 0 Å². The van der Waals surface area contributed by atoms with Gasteiger partial charge in [0.2, 0.25) is 0 Å². The molecule has 0 amide bonds. The first-order chi connectivity index (χ1) is 8.91. The summed E-state index contributed by atoms with van der Waals surface area (Å²) >= 11 is 5.15. The van der Waals surface area contributed by atoms with Crippen molar-refractivity contribution >= 4 is 17.2 Å². The number of hydrogen-bond donors (Lipinski definition) is 1. The standard InChI is InChI=1S/C12H22N6S/c1-12(2,11(13)19)18-6-4-17(5-7-18)8-10-14-9-15-16(10)3/h9H,4-8H2,1-3H3,(H2,13,19). The Labute approximate surface area is 119 Å². The van der Waals surface area contributed by atoms with Gasteiger partial charge in [-0.1, -0.05) is 12.2 Å². The lowest BCUT2D eigenvalue weighted by Gasteiger charge is -2.43. The highest BCUT2D eigenvalue weighted by Crippen LogP contribution is 2.18. The van der Waals surface area contributed by atoms with E-state index in [-0.39, 0.29) is 5.54 Å². The Bertz CT molecular complexity index is 447. The Morgan fingerprint density at radius 2 is 2.00 bits per heavy atom. The van der Waals surface area contributed by atoms with E-state index in [4.69, 9.17) is 18.0 Å². The van der Waals surface area contributed by atoms with E-state index >= 15 is 0 Å². The van der Waals surface area contributed by atoms with Crippen LogP contribution in [0, 0.1) is 0 Å². The highest BCUT2D eigenvalue weighted by atomic mass is 32.1. The number of aromatic nitrogens is 3. The summed E-state index contributed by atoms with van der Waals surface area (Å²) < 4.78 is 1.82. The summed E-state index contributed by atoms with van der Waals surface area (Å²) in [4.78, 5) is 9.56. The summed E-state index contributed by atoms with van der Waals surface area (Å²) in [6, 6.07) is 0. The number of thiocarbonyl (C=S) groups is 1. The van der Waals surface area contributed by atoms with E-state index in [2.05, 4.69) is 33.7 Å². The highest BCUT2D eigenvalue weighted by molar-refractivity contribution is 7.80. The molecular weight excluding hydrogens is 260 g/mol. The summed E-state index contributed by atoms with van der Waals surface area (Å²) in [5.74, 6) is 1.00. The lowest BCUT2D eigenvalue weighted by Crippen LogP contribution is -2.59. The van der Waals surface area contributed by atoms with Crippen LogP contribution in [0.2, 0.25) is 0 Å². The maximum atomic E-state index is 5.82. The van der Waals surface area contributed by atoms with Gasteiger partial charge >= 0.3 is 0 Å². The first-order valence-electron chi connectivity index (χ1n) is 6.51. The van der Waals surface area contributed by atoms with Gasteiger partial charge < -0.3 is 5.73 Å². The molecule has 106 valence electrons. The minimum absolute atomic E-state index is 0.202. The molecular formula is C12H22N6S. The third-order valence-corrected chi connectivity index (χ3v) is 4.44. The van der Waals surface area contributed by atoms with Crippen molar-refractivity contribution in [3.05, 3.63) is 12.2 Å². The molecule has 0 spiro atoms. The maximum Gasteiger partial charge on any atom is 0.140 e. The fourth-order valence-electron chi connectivity index (χ4n) is 2.28. The van der Waals surface area contributed by atoms with E-state index in [0.29, 0.717) is 4.99 Å². The lowest BCUT2D eigenvalue weighted by atomic mass is 10.0. The van der Waals surface area contributed by atoms with E-state index in [9.17, 15) is 0 Å². The van der Waals surface area contributed by atoms with Crippen LogP contribution in [0.4, 0.5) is 0 Å². The monoisotopic (exact) mass is 282 g/mol. The second-order valence-corrected chi connectivity index (χ2v) is 5.93. The average molecular weight is 282 g/mol. The molecule has 0 radical (unpaired) electrons. The Balaban J connectivity index is 1.89. The molecule has 2 rings (SSSR count). The number of nitrogens with zero attached hydrogens (tertiary/aromatic N) is 5. The summed E-state index contributed by atoms with van der Waals surface area (Å²) in [6.07, 6.45) is 1.60. The summed E-state index contributed by atoms with van der Waals surface area (Å²) in [6.45, 7) is 8.97. The molecule has 19 heavy (non-hydrogen) atoms. The van der Waals surface area contributed by atoms with Crippen molar-refractivity contribution in [2.75, 3.05) is 26.2 Å². The summed E-state index contributed by atoms with van der Waals surface area (Å²) in [7, 11) is 1.93. The second-order valence-electron chi connectivity index (χ2n) is 5.49. The van der Waals surface area contributed by atoms with Crippen molar-refractivity contribution in [3.8, 4) is 0 Å². The van der Waals surface area contributed by atoms with Gasteiger partial charge in [0.05, 0.1) is 17.1 Å². The van der Waals surface area contributed by atoms with Gasteiger partial charge in [-0.3, -0.25) is 14.5 Å². The Kier molecular flexibility index (Phi) is 4.17. The molecule has 0 aliphatic carbocycles. The van der Waals surface area contributed by atoms with Crippen molar-refractivity contribution in [1.82, 2.24) is 24.6 Å². The molecule has 1 aromatic heterocycles. The minimum Gasteiger partial charge on any atom is -0.392 e. The molecule has 2 N–H and O–H groups in total. The molecule has 0 aromatic carbocycles. The second kappa shape index (κ2) is 5.52. The van der Waals surface area contributed by atoms with Gasteiger partial charge in [-0.15, -0.1) is 0 Å². The zero-order valence-corrected chi connectivity index (χ0v) is 12.7. The quantitative estimate of drug-likeness (QED) is 0.784. The lowest BCUT2D eigenvalue weighted by molar-refractivity contribution is 0.0801. The molecule has 1 saturated heterocycles. The molecule has 0 unspecified atom stereocenters. The van der Waals surface area contributed by atoms with Crippen LogP contribution in [0.15, 0.2) is 6.33 Å². The minimum atomic E-state index is -0.202. The van der Waals surface area contributed by atoms with Gasteiger partial charge in [0.25, 0.3) is 0 Å². The summed E-state index contributed by atoms with van der Waals surface area (Å²) in [5, 5.41) is 4.09. The molecule has 2 heterocycles. The maximum absolute atomic E-state index is 5.82. The Hall–Kier alpha value is -1.05. The van der Waals surface area contributed by atoms with Gasteiger partial charge in [-0.25, -0.2) is 4.98 Å². The van der Waals surface area contributed by atoms with Crippen molar-refractivity contribution in [1.29, 1.82) is 0 Å². The fourth-order valence-corrected chi connectivity index (χ4v) is 2.41. The Morgan fingerprint density at radius 3 is 2.47 bits per heavy atom. The first kappa shape index (κ1) is 14.4. The third kappa shape index (κ3) is 3.10. The van der Waals surface area contributed by atoms with E-state index in [1.807, 2.05) is 11.7 Å². The SMILES string of the molecule is Cn1ncnc1CN1CCN(C(C)(C)C(N)=S)CC1. The largest absolute Gasteiger partial charge is 0.392 e. The van der Waals surface area contributed by atoms with Crippen molar-refractivity contribution in [2.45, 2.75) is 25.9 Å². The normalized spacial score (nSPS) is 18.7. The molecule has 7 heteroatoms. The predicted molar refractivity (Wildman–Crippen MR) is 78.7 cm³/mol. The van der Waals surface area contributed by atoms with E-state index in [0.717, 1.165) is 38.5 Å². The van der Waals surface area contributed by atoms with Gasteiger partial charge in [0, 0.05) is 33.2 Å². The van der Waals surface area contributed by atoms with Crippen LogP contribution >= 0.6 is 12.2 Å². The van der Waals surface area contributed by atoms with Crippen LogP contribution < -0.4 is 5.73 Å². The number of rotatable bonds is 4. The number of hydrogen-bond acceptors (Lipinski definition) is 5. The van der Waals surface area contributed by atoms with Crippen LogP contribution in [0.1, 0.15) is 19.7 Å². The van der Waals surface area contributed by atoms with Gasteiger partial charge in [0.1, 0.15) is 12.2 Å². The van der Waals surface area contributed by atoms with E-state index < -0.39 is 0 Å². The zero-order chi connectivity index (χ0) is 14.0. The van der Waals surface area contributed by atoms with E-state index in [1.165, 1.54) is 0 Å². The fraction of sp³-hybridized carbons (Fsp3) is 0.750.